The fraction of sp³-hybridized carbons (Fsp3) is 0.148. The largest absolute Gasteiger partial charge is 0.710 e. The fourth-order valence-electron chi connectivity index (χ4n) is 4.49. The zero-order chi connectivity index (χ0) is 24.7. The smallest absolute Gasteiger partial charge is 0.300 e. The highest BCUT2D eigenvalue weighted by molar-refractivity contribution is 6.03. The second kappa shape index (κ2) is 8.64. The van der Waals surface area contributed by atoms with E-state index in [0.29, 0.717) is 27.4 Å². The summed E-state index contributed by atoms with van der Waals surface area (Å²) < 4.78 is 6.27. The van der Waals surface area contributed by atoms with E-state index in [1.54, 1.807) is 32.5 Å². The molecule has 0 aliphatic rings. The summed E-state index contributed by atoms with van der Waals surface area (Å²) >= 11 is 0. The van der Waals surface area contributed by atoms with Crippen molar-refractivity contribution in [3.63, 3.8) is 0 Å². The maximum atomic E-state index is 13.3. The minimum absolute atomic E-state index is 0.00608. The number of carbonyl (C=O) groups excluding carboxylic acids is 1. The first-order valence-electron chi connectivity index (χ1n) is 11.2. The van der Waals surface area contributed by atoms with Crippen LogP contribution in [0.2, 0.25) is 0 Å². The summed E-state index contributed by atoms with van der Waals surface area (Å²) in [7, 11) is 1.63. The molecule has 0 aliphatic carbocycles. The second-order valence-electron chi connectivity index (χ2n) is 8.51. The average Bonchev–Trinajstić information content (AvgIpc) is 3.42. The van der Waals surface area contributed by atoms with Crippen LogP contribution in [0, 0.1) is 26.0 Å². The van der Waals surface area contributed by atoms with Crippen LogP contribution in [0.5, 0.6) is 5.75 Å². The lowest BCUT2D eigenvalue weighted by Gasteiger charge is -2.15. The highest BCUT2D eigenvalue weighted by atomic mass is 16.5. The van der Waals surface area contributed by atoms with Crippen molar-refractivity contribution in [2.75, 3.05) is 12.4 Å². The molecule has 0 aliphatic heterocycles. The number of rotatable bonds is 5. The maximum absolute atomic E-state index is 13.3. The number of amides is 1. The first-order valence-corrected chi connectivity index (χ1v) is 11.2. The normalized spacial score (nSPS) is 11.1. The van der Waals surface area contributed by atoms with Gasteiger partial charge < -0.3 is 20.2 Å². The van der Waals surface area contributed by atoms with Crippen molar-refractivity contribution >= 4 is 22.6 Å². The number of anilines is 1. The second-order valence-corrected chi connectivity index (χ2v) is 8.51. The van der Waals surface area contributed by atoms with Crippen LogP contribution in [0.4, 0.5) is 5.69 Å². The fourth-order valence-corrected chi connectivity index (χ4v) is 4.49. The van der Waals surface area contributed by atoms with Crippen molar-refractivity contribution in [2.45, 2.75) is 20.8 Å². The molecule has 176 valence electrons. The van der Waals surface area contributed by atoms with E-state index in [1.807, 2.05) is 56.3 Å². The van der Waals surface area contributed by atoms with Gasteiger partial charge in [0.1, 0.15) is 5.75 Å². The van der Waals surface area contributed by atoms with Crippen LogP contribution in [0.15, 0.2) is 60.9 Å². The van der Waals surface area contributed by atoms with E-state index in [4.69, 9.17) is 4.74 Å². The molecule has 0 fully saturated rings. The van der Waals surface area contributed by atoms with Gasteiger partial charge in [-0.1, -0.05) is 18.2 Å². The molecule has 0 bridgehead atoms. The van der Waals surface area contributed by atoms with Gasteiger partial charge in [0.15, 0.2) is 5.69 Å². The number of imidazole rings is 2. The number of methoxy groups -OCH3 is 1. The number of hydrogen-bond donors (Lipinski definition) is 3. The van der Waals surface area contributed by atoms with Gasteiger partial charge in [0, 0.05) is 18.2 Å². The molecule has 0 unspecified atom stereocenters. The topological polar surface area (TPSA) is 110 Å². The summed E-state index contributed by atoms with van der Waals surface area (Å²) in [5.74, 6) is 0.488. The Kier molecular flexibility index (Phi) is 5.49. The predicted molar refractivity (Wildman–Crippen MR) is 135 cm³/mol. The van der Waals surface area contributed by atoms with Gasteiger partial charge in [-0.25, -0.2) is 14.7 Å². The molecule has 8 heteroatoms. The lowest BCUT2D eigenvalue weighted by atomic mass is 9.93. The molecule has 0 radical (unpaired) electrons. The Balaban J connectivity index is 1.53. The third-order valence-electron chi connectivity index (χ3n) is 6.19. The number of carbonyl (C=O) groups is 1. The molecule has 0 spiro atoms. The van der Waals surface area contributed by atoms with Gasteiger partial charge in [-0.3, -0.25) is 4.79 Å². The Morgan fingerprint density at radius 1 is 1.06 bits per heavy atom. The Bertz CT molecular complexity index is 1560. The summed E-state index contributed by atoms with van der Waals surface area (Å²) in [6.45, 7) is 5.80. The molecule has 0 saturated carbocycles. The van der Waals surface area contributed by atoms with Crippen LogP contribution in [-0.2, 0) is 0 Å². The van der Waals surface area contributed by atoms with Crippen LogP contribution in [-0.4, -0.2) is 28.0 Å². The van der Waals surface area contributed by atoms with Crippen LogP contribution in [0.1, 0.15) is 27.3 Å². The first-order chi connectivity index (χ1) is 16.9. The van der Waals surface area contributed by atoms with Gasteiger partial charge in [0.2, 0.25) is 5.69 Å². The van der Waals surface area contributed by atoms with Crippen LogP contribution in [0.25, 0.3) is 33.5 Å². The first kappa shape index (κ1) is 22.2. The van der Waals surface area contributed by atoms with Gasteiger partial charge >= 0.3 is 0 Å². The van der Waals surface area contributed by atoms with E-state index >= 15 is 0 Å². The molecule has 0 atom stereocenters. The quantitative estimate of drug-likeness (QED) is 0.248. The van der Waals surface area contributed by atoms with E-state index in [-0.39, 0.29) is 11.5 Å². The Morgan fingerprint density at radius 2 is 1.83 bits per heavy atom. The van der Waals surface area contributed by atoms with Gasteiger partial charge in [0.25, 0.3) is 11.7 Å². The van der Waals surface area contributed by atoms with E-state index in [1.165, 1.54) is 0 Å². The van der Waals surface area contributed by atoms with Crippen molar-refractivity contribution in [1.29, 1.82) is 0 Å². The molecular weight excluding hydrogens is 442 g/mol. The monoisotopic (exact) mass is 467 g/mol. The lowest BCUT2D eigenvalue weighted by molar-refractivity contribution is -0.594. The molecule has 0 saturated heterocycles. The standard InChI is InChI=1S/C27H25N5O3/c1-15-6-5-7-16(2)24(15)20-12-18(8-11-23(20)35-4)26-30-17(3)25(32(26)34)27(33)31-19-9-10-21-22(13-19)29-14-28-21/h5-14,30H,1-4H3,(H,28,29)(H,31,33). The zero-order valence-corrected chi connectivity index (χ0v) is 19.9. The molecule has 2 heterocycles. The van der Waals surface area contributed by atoms with Crippen LogP contribution >= 0.6 is 0 Å². The van der Waals surface area contributed by atoms with Crippen LogP contribution < -0.4 is 14.8 Å². The van der Waals surface area contributed by atoms with Gasteiger partial charge in [-0.05, 0) is 66.9 Å². The molecule has 35 heavy (non-hydrogen) atoms. The van der Waals surface area contributed by atoms with Gasteiger partial charge in [-0.2, -0.15) is 0 Å². The SMILES string of the molecule is COc1ccc(-c2[nH]c(C)c(C(=O)Nc3ccc4[nH]cnc4c3)[n+]2[O-])cc1-c1c(C)cccc1C. The summed E-state index contributed by atoms with van der Waals surface area (Å²) in [4.78, 5) is 23.4. The number of aromatic nitrogens is 4. The summed E-state index contributed by atoms with van der Waals surface area (Å²) in [6, 6.07) is 17.0. The summed E-state index contributed by atoms with van der Waals surface area (Å²) in [5, 5.41) is 16.1. The Hall–Kier alpha value is -4.59. The highest BCUT2D eigenvalue weighted by Crippen LogP contribution is 2.37. The molecule has 3 N–H and O–H groups in total. The molecule has 3 aromatic carbocycles. The molecule has 5 rings (SSSR count). The van der Waals surface area contributed by atoms with Gasteiger partial charge in [0.05, 0.1) is 30.0 Å². The highest BCUT2D eigenvalue weighted by Gasteiger charge is 2.26. The number of aromatic amines is 2. The summed E-state index contributed by atoms with van der Waals surface area (Å²) in [5.41, 5.74) is 7.41. The van der Waals surface area contributed by atoms with Crippen molar-refractivity contribution in [2.24, 2.45) is 0 Å². The average molecular weight is 468 g/mol. The minimum Gasteiger partial charge on any atom is -0.710 e. The van der Waals surface area contributed by atoms with Gasteiger partial charge in [-0.15, -0.1) is 0 Å². The minimum atomic E-state index is -0.502. The van der Waals surface area contributed by atoms with Crippen LogP contribution in [0.3, 0.4) is 0 Å². The van der Waals surface area contributed by atoms with Crippen molar-refractivity contribution in [1.82, 2.24) is 15.0 Å². The maximum Gasteiger partial charge on any atom is 0.300 e. The third-order valence-corrected chi connectivity index (χ3v) is 6.19. The third kappa shape index (κ3) is 3.89. The molecule has 8 nitrogen and oxygen atoms in total. The number of H-pyrrole nitrogens is 2. The number of nitrogens with zero attached hydrogens (tertiary/aromatic N) is 2. The molecule has 1 amide bonds. The van der Waals surface area contributed by atoms with Crippen molar-refractivity contribution < 1.29 is 14.3 Å². The Labute approximate surface area is 202 Å². The zero-order valence-electron chi connectivity index (χ0n) is 19.9. The van der Waals surface area contributed by atoms with E-state index in [9.17, 15) is 10.0 Å². The number of aryl methyl sites for hydroxylation is 3. The number of nitrogens with one attached hydrogen (secondary N) is 3. The van der Waals surface area contributed by atoms with E-state index in [0.717, 1.165) is 33.3 Å². The number of hydrogen-bond acceptors (Lipinski definition) is 4. The molecule has 5 aromatic rings. The molecule has 2 aromatic heterocycles. The van der Waals surface area contributed by atoms with E-state index in [2.05, 4.69) is 20.3 Å². The molecular formula is C27H25N5O3. The van der Waals surface area contributed by atoms with E-state index < -0.39 is 5.91 Å². The number of ether oxygens (including phenoxy) is 1. The lowest BCUT2D eigenvalue weighted by Crippen LogP contribution is -2.36. The number of fused-ring (bicyclic) bond motifs is 1. The Morgan fingerprint density at radius 3 is 2.57 bits per heavy atom. The number of benzene rings is 3. The van der Waals surface area contributed by atoms with Crippen molar-refractivity contribution in [3.8, 4) is 28.3 Å². The predicted octanol–water partition coefficient (Wildman–Crippen LogP) is 5.04. The van der Waals surface area contributed by atoms with Crippen molar-refractivity contribution in [3.05, 3.63) is 88.6 Å². The summed E-state index contributed by atoms with van der Waals surface area (Å²) in [6.07, 6.45) is 1.59.